The molecule has 1 N–H and O–H groups in total. The Bertz CT molecular complexity index is 214. The van der Waals surface area contributed by atoms with Gasteiger partial charge in [-0.25, -0.2) is 4.79 Å². The monoisotopic (exact) mass is 453 g/mol. The number of hydrogen-bond acceptors (Lipinski definition) is 1. The first-order valence-electron chi connectivity index (χ1n) is 7.43. The maximum Gasteiger partial charge on any atom is 0.356 e. The standard InChI is InChI=1S/3C4H9.C2HCl3O2.Sn/c3*1-3-4-2;3-2(4,5)1(6)7;/h3*1,3-4H2,2H3;(H,6,7);. The first kappa shape index (κ1) is 23.4. The van der Waals surface area contributed by atoms with Gasteiger partial charge in [-0.2, -0.15) is 0 Å². The first-order chi connectivity index (χ1) is 9.29. The van der Waals surface area contributed by atoms with Gasteiger partial charge in [-0.05, 0) is 0 Å². The summed E-state index contributed by atoms with van der Waals surface area (Å²) in [4.78, 5) is 9.62. The molecule has 0 aromatic heterocycles. The van der Waals surface area contributed by atoms with Crippen LogP contribution in [0.25, 0.3) is 0 Å². The van der Waals surface area contributed by atoms with Gasteiger partial charge in [0.05, 0.1) is 0 Å². The molecule has 1 radical (unpaired) electrons. The van der Waals surface area contributed by atoms with E-state index < -0.39 is 29.5 Å². The van der Waals surface area contributed by atoms with Gasteiger partial charge in [0.2, 0.25) is 0 Å². The molecule has 0 amide bonds. The van der Waals surface area contributed by atoms with Crippen LogP contribution in [0.3, 0.4) is 0 Å². The average molecular weight is 453 g/mol. The second-order valence-corrected chi connectivity index (χ2v) is 15.7. The molecule has 20 heavy (non-hydrogen) atoms. The molecule has 0 aliphatic heterocycles. The van der Waals surface area contributed by atoms with Crippen molar-refractivity contribution in [2.75, 3.05) is 0 Å². The normalized spacial score (nSPS) is 11.2. The Kier molecular flexibility index (Phi) is 17.6. The van der Waals surface area contributed by atoms with E-state index in [1.165, 1.54) is 38.5 Å². The molecule has 6 heteroatoms. The Morgan fingerprint density at radius 3 is 1.30 bits per heavy atom. The Morgan fingerprint density at radius 1 is 0.900 bits per heavy atom. The first-order valence-corrected chi connectivity index (χ1v) is 14.6. The largest absolute Gasteiger partial charge is 0.478 e. The predicted molar refractivity (Wildman–Crippen MR) is 92.8 cm³/mol. The molecule has 2 nitrogen and oxygen atoms in total. The van der Waals surface area contributed by atoms with Crippen molar-refractivity contribution in [2.24, 2.45) is 0 Å². The van der Waals surface area contributed by atoms with E-state index in [1.54, 1.807) is 13.3 Å². The summed E-state index contributed by atoms with van der Waals surface area (Å²) in [5.41, 5.74) is 0. The molecule has 0 aliphatic rings. The maximum absolute atomic E-state index is 9.62. The van der Waals surface area contributed by atoms with Crippen molar-refractivity contribution in [1.29, 1.82) is 0 Å². The van der Waals surface area contributed by atoms with E-state index in [1.807, 2.05) is 0 Å². The van der Waals surface area contributed by atoms with E-state index in [-0.39, 0.29) is 0 Å². The van der Waals surface area contributed by atoms with Crippen molar-refractivity contribution in [2.45, 2.75) is 76.4 Å². The molecular formula is C14H28Cl3O2Sn. The maximum atomic E-state index is 9.62. The third-order valence-corrected chi connectivity index (χ3v) is 12.5. The van der Waals surface area contributed by atoms with Crippen molar-refractivity contribution < 1.29 is 9.90 Å². The summed E-state index contributed by atoms with van der Waals surface area (Å²) < 4.78 is 2.87. The number of rotatable bonds is 9. The molecule has 0 saturated carbocycles. The van der Waals surface area contributed by atoms with Crippen LogP contribution in [0.1, 0.15) is 59.3 Å². The van der Waals surface area contributed by atoms with E-state index in [0.29, 0.717) is 0 Å². The van der Waals surface area contributed by atoms with Gasteiger partial charge >= 0.3 is 98.3 Å². The molecule has 0 aromatic rings. The number of alkyl halides is 3. The summed E-state index contributed by atoms with van der Waals surface area (Å²) in [5, 5.41) is 7.85. The summed E-state index contributed by atoms with van der Waals surface area (Å²) in [6.07, 6.45) is 8.85. The molecule has 0 rings (SSSR count). The van der Waals surface area contributed by atoms with Crippen LogP contribution < -0.4 is 0 Å². The Morgan fingerprint density at radius 2 is 1.15 bits per heavy atom. The number of carbonyl (C=O) groups is 1. The van der Waals surface area contributed by atoms with Crippen LogP contribution in [-0.2, 0) is 4.79 Å². The fraction of sp³-hybridized carbons (Fsp3) is 0.929. The zero-order valence-corrected chi connectivity index (χ0v) is 18.0. The molecule has 0 aromatic carbocycles. The zero-order chi connectivity index (χ0) is 16.0. The average Bonchev–Trinajstić information content (AvgIpc) is 2.37. The van der Waals surface area contributed by atoms with Gasteiger partial charge in [0.1, 0.15) is 0 Å². The van der Waals surface area contributed by atoms with E-state index in [2.05, 4.69) is 20.8 Å². The van der Waals surface area contributed by atoms with Gasteiger partial charge in [0, 0.05) is 0 Å². The molecule has 0 unspecified atom stereocenters. The van der Waals surface area contributed by atoms with Crippen molar-refractivity contribution in [1.82, 2.24) is 0 Å². The number of aliphatic carboxylic acids is 1. The van der Waals surface area contributed by atoms with Crippen LogP contribution in [0.5, 0.6) is 0 Å². The summed E-state index contributed by atoms with van der Waals surface area (Å²) in [6, 6.07) is 0. The van der Waals surface area contributed by atoms with Gasteiger partial charge < -0.3 is 5.11 Å². The van der Waals surface area contributed by atoms with Gasteiger partial charge in [-0.1, -0.05) is 34.8 Å². The van der Waals surface area contributed by atoms with Crippen molar-refractivity contribution in [3.63, 3.8) is 0 Å². The van der Waals surface area contributed by atoms with Gasteiger partial charge in [-0.3, -0.25) is 0 Å². The molecule has 0 aliphatic carbocycles. The second kappa shape index (κ2) is 15.1. The Hall–Kier alpha value is 1.14. The molecular weight excluding hydrogens is 425 g/mol. The third kappa shape index (κ3) is 17.2. The van der Waals surface area contributed by atoms with Crippen LogP contribution >= 0.6 is 34.8 Å². The minimum Gasteiger partial charge on any atom is -0.478 e. The van der Waals surface area contributed by atoms with E-state index in [0.717, 1.165) is 0 Å². The van der Waals surface area contributed by atoms with Crippen molar-refractivity contribution >= 4 is 60.5 Å². The Balaban J connectivity index is 0. The van der Waals surface area contributed by atoms with Crippen LogP contribution in [0.2, 0.25) is 13.3 Å². The minimum atomic E-state index is -2.17. The van der Waals surface area contributed by atoms with Crippen molar-refractivity contribution in [3.8, 4) is 0 Å². The predicted octanol–water partition coefficient (Wildman–Crippen LogP) is 6.32. The van der Waals surface area contributed by atoms with Crippen LogP contribution in [0, 0.1) is 0 Å². The molecule has 0 bridgehead atoms. The number of hydrogen-bond donors (Lipinski definition) is 1. The quantitative estimate of drug-likeness (QED) is 0.328. The molecule has 0 saturated heterocycles. The van der Waals surface area contributed by atoms with Gasteiger partial charge in [0.25, 0.3) is 3.79 Å². The summed E-state index contributed by atoms with van der Waals surface area (Å²) in [5.74, 6) is -1.46. The molecule has 0 fully saturated rings. The fourth-order valence-electron chi connectivity index (χ4n) is 1.66. The minimum absolute atomic E-state index is 0.839. The molecule has 0 atom stereocenters. The number of unbranched alkanes of at least 4 members (excludes halogenated alkanes) is 3. The van der Waals surface area contributed by atoms with Crippen LogP contribution in [0.15, 0.2) is 0 Å². The summed E-state index contributed by atoms with van der Waals surface area (Å²) in [7, 11) is 0. The third-order valence-electron chi connectivity index (χ3n) is 2.89. The van der Waals surface area contributed by atoms with E-state index in [9.17, 15) is 4.79 Å². The van der Waals surface area contributed by atoms with E-state index >= 15 is 0 Å². The van der Waals surface area contributed by atoms with Gasteiger partial charge in [0.15, 0.2) is 0 Å². The Labute approximate surface area is 146 Å². The molecule has 0 heterocycles. The number of halogens is 3. The smallest absolute Gasteiger partial charge is 0.356 e. The van der Waals surface area contributed by atoms with Crippen LogP contribution in [-0.4, -0.2) is 34.6 Å². The SMILES string of the molecule is CCC[CH2][Sn]([CH2]CCC)[CH2]CCC.O=C(O)C(Cl)(Cl)Cl. The topological polar surface area (TPSA) is 37.3 Å². The summed E-state index contributed by atoms with van der Waals surface area (Å²) in [6.45, 7) is 7.00. The molecule has 121 valence electrons. The van der Waals surface area contributed by atoms with Gasteiger partial charge in [-0.15, -0.1) is 0 Å². The van der Waals surface area contributed by atoms with E-state index in [4.69, 9.17) is 39.9 Å². The summed E-state index contributed by atoms with van der Waals surface area (Å²) >= 11 is 13.6. The zero-order valence-electron chi connectivity index (χ0n) is 12.9. The van der Waals surface area contributed by atoms with Crippen LogP contribution in [0.4, 0.5) is 0 Å². The number of carboxylic acid groups (broad SMARTS) is 1. The molecule has 0 spiro atoms. The number of carboxylic acids is 1. The van der Waals surface area contributed by atoms with Crippen molar-refractivity contribution in [3.05, 3.63) is 0 Å². The fourth-order valence-corrected chi connectivity index (χ4v) is 11.1. The second-order valence-electron chi connectivity index (χ2n) is 4.86.